The van der Waals surface area contributed by atoms with E-state index in [0.717, 1.165) is 41.2 Å². The molecule has 2 aromatic rings. The molecule has 0 aliphatic carbocycles. The SMILES string of the molecule is Cc1cc(C)cc(N2C(=O)/C(=C/c3cc(C)n(N4CCCCC4)c3C)C(=O)NC2=S)c1. The number of rotatable bonds is 3. The quantitative estimate of drug-likeness (QED) is 0.453. The predicted octanol–water partition coefficient (Wildman–Crippen LogP) is 3.67. The Kier molecular flexibility index (Phi) is 5.71. The molecule has 0 unspecified atom stereocenters. The molecule has 0 saturated carbocycles. The highest BCUT2D eigenvalue weighted by molar-refractivity contribution is 7.80. The Morgan fingerprint density at radius 1 is 0.935 bits per heavy atom. The number of piperidine rings is 1. The molecule has 1 aromatic heterocycles. The minimum atomic E-state index is -0.460. The molecule has 0 radical (unpaired) electrons. The Balaban J connectivity index is 1.72. The van der Waals surface area contributed by atoms with Crippen LogP contribution in [-0.2, 0) is 9.59 Å². The topological polar surface area (TPSA) is 57.6 Å². The molecule has 162 valence electrons. The van der Waals surface area contributed by atoms with E-state index in [-0.39, 0.29) is 10.7 Å². The van der Waals surface area contributed by atoms with E-state index in [0.29, 0.717) is 5.69 Å². The number of nitrogens with zero attached hydrogens (tertiary/aromatic N) is 3. The summed E-state index contributed by atoms with van der Waals surface area (Å²) in [7, 11) is 0. The molecule has 6 nitrogen and oxygen atoms in total. The zero-order chi connectivity index (χ0) is 22.3. The monoisotopic (exact) mass is 436 g/mol. The van der Waals surface area contributed by atoms with Crippen LogP contribution in [0.25, 0.3) is 6.08 Å². The van der Waals surface area contributed by atoms with Crippen molar-refractivity contribution in [2.45, 2.75) is 47.0 Å². The van der Waals surface area contributed by atoms with Crippen LogP contribution in [0.3, 0.4) is 0 Å². The molecule has 0 spiro atoms. The number of thiocarbonyl (C=S) groups is 1. The van der Waals surface area contributed by atoms with Gasteiger partial charge in [0.25, 0.3) is 11.8 Å². The molecule has 4 rings (SSSR count). The van der Waals surface area contributed by atoms with Gasteiger partial charge in [0.15, 0.2) is 5.11 Å². The highest BCUT2D eigenvalue weighted by Gasteiger charge is 2.35. The molecule has 7 heteroatoms. The smallest absolute Gasteiger partial charge is 0.270 e. The Bertz CT molecular complexity index is 1090. The van der Waals surface area contributed by atoms with Gasteiger partial charge in [-0.25, -0.2) is 0 Å². The average molecular weight is 437 g/mol. The summed E-state index contributed by atoms with van der Waals surface area (Å²) in [5, 5.41) is 5.13. The summed E-state index contributed by atoms with van der Waals surface area (Å²) in [4.78, 5) is 27.5. The largest absolute Gasteiger partial charge is 0.313 e. The minimum absolute atomic E-state index is 0.0895. The number of amides is 2. The summed E-state index contributed by atoms with van der Waals surface area (Å²) in [5.41, 5.74) is 5.80. The maximum Gasteiger partial charge on any atom is 0.270 e. The van der Waals surface area contributed by atoms with Crippen molar-refractivity contribution in [2.75, 3.05) is 23.0 Å². The van der Waals surface area contributed by atoms with E-state index in [1.807, 2.05) is 45.0 Å². The third-order valence-corrected chi connectivity index (χ3v) is 6.20. The van der Waals surface area contributed by atoms with Gasteiger partial charge in [0.2, 0.25) is 0 Å². The average Bonchev–Trinajstić information content (AvgIpc) is 2.98. The van der Waals surface area contributed by atoms with E-state index in [2.05, 4.69) is 21.9 Å². The summed E-state index contributed by atoms with van der Waals surface area (Å²) in [6.45, 7) is 10.1. The Morgan fingerprint density at radius 2 is 1.58 bits per heavy atom. The first-order valence-electron chi connectivity index (χ1n) is 10.7. The van der Waals surface area contributed by atoms with E-state index in [9.17, 15) is 9.59 Å². The van der Waals surface area contributed by atoms with Crippen LogP contribution in [0.2, 0.25) is 0 Å². The molecule has 2 saturated heterocycles. The Labute approximate surface area is 188 Å². The number of aromatic nitrogens is 1. The summed E-state index contributed by atoms with van der Waals surface area (Å²) >= 11 is 5.34. The number of nitrogens with one attached hydrogen (secondary N) is 1. The van der Waals surface area contributed by atoms with Crippen molar-refractivity contribution in [1.29, 1.82) is 0 Å². The van der Waals surface area contributed by atoms with Crippen molar-refractivity contribution in [1.82, 2.24) is 9.99 Å². The van der Waals surface area contributed by atoms with Gasteiger partial charge in [0.1, 0.15) is 5.57 Å². The number of hydrogen-bond acceptors (Lipinski definition) is 4. The van der Waals surface area contributed by atoms with Crippen molar-refractivity contribution >= 4 is 40.9 Å². The lowest BCUT2D eigenvalue weighted by atomic mass is 10.1. The molecule has 0 atom stereocenters. The maximum atomic E-state index is 13.4. The zero-order valence-electron chi connectivity index (χ0n) is 18.5. The molecule has 1 aromatic carbocycles. The minimum Gasteiger partial charge on any atom is -0.313 e. The van der Waals surface area contributed by atoms with Crippen LogP contribution < -0.4 is 15.2 Å². The fourth-order valence-electron chi connectivity index (χ4n) is 4.56. The predicted molar refractivity (Wildman–Crippen MR) is 128 cm³/mol. The van der Waals surface area contributed by atoms with Crippen LogP contribution in [0.15, 0.2) is 29.8 Å². The van der Waals surface area contributed by atoms with E-state index < -0.39 is 11.8 Å². The molecule has 2 aliphatic rings. The van der Waals surface area contributed by atoms with E-state index in [4.69, 9.17) is 12.2 Å². The van der Waals surface area contributed by atoms with Crippen molar-refractivity contribution < 1.29 is 9.59 Å². The summed E-state index contributed by atoms with van der Waals surface area (Å²) in [6, 6.07) is 7.86. The van der Waals surface area contributed by atoms with Crippen LogP contribution in [0.5, 0.6) is 0 Å². The number of carbonyl (C=O) groups excluding carboxylic acids is 2. The number of hydrogen-bond donors (Lipinski definition) is 1. The third kappa shape index (κ3) is 4.02. The van der Waals surface area contributed by atoms with Gasteiger partial charge in [-0.3, -0.25) is 24.5 Å². The molecule has 2 aliphatic heterocycles. The molecule has 3 heterocycles. The standard InChI is InChI=1S/C24H28N4O2S/c1-15-10-16(2)12-20(11-15)27-23(30)21(22(29)25-24(27)31)14-19-13-17(3)28(18(19)4)26-8-6-5-7-9-26/h10-14H,5-9H2,1-4H3,(H,25,29,31)/b21-14+. The van der Waals surface area contributed by atoms with Gasteiger partial charge in [-0.05, 0) is 100 Å². The lowest BCUT2D eigenvalue weighted by Crippen LogP contribution is -2.54. The number of aryl methyl sites for hydroxylation is 3. The Hall–Kier alpha value is -2.93. The zero-order valence-corrected chi connectivity index (χ0v) is 19.3. The normalized spacial score (nSPS) is 18.7. The fraction of sp³-hybridized carbons (Fsp3) is 0.375. The van der Waals surface area contributed by atoms with Crippen molar-refractivity contribution in [3.8, 4) is 0 Å². The van der Waals surface area contributed by atoms with Gasteiger partial charge in [0.05, 0.1) is 5.69 Å². The fourth-order valence-corrected chi connectivity index (χ4v) is 4.84. The molecule has 1 N–H and O–H groups in total. The van der Waals surface area contributed by atoms with Crippen molar-refractivity contribution in [3.05, 3.63) is 57.9 Å². The second-order valence-corrected chi connectivity index (χ2v) is 8.84. The molecule has 2 amide bonds. The highest BCUT2D eigenvalue weighted by atomic mass is 32.1. The second kappa shape index (κ2) is 8.30. The number of benzene rings is 1. The first kappa shape index (κ1) is 21.3. The third-order valence-electron chi connectivity index (χ3n) is 5.92. The maximum absolute atomic E-state index is 13.4. The Morgan fingerprint density at radius 3 is 2.23 bits per heavy atom. The van der Waals surface area contributed by atoms with Gasteiger partial charge >= 0.3 is 0 Å². The molecule has 0 bridgehead atoms. The first-order chi connectivity index (χ1) is 14.8. The van der Waals surface area contributed by atoms with Gasteiger partial charge in [0, 0.05) is 24.5 Å². The highest BCUT2D eigenvalue weighted by Crippen LogP contribution is 2.26. The summed E-state index contributed by atoms with van der Waals surface area (Å²) < 4.78 is 2.21. The van der Waals surface area contributed by atoms with E-state index >= 15 is 0 Å². The van der Waals surface area contributed by atoms with E-state index in [1.54, 1.807) is 6.08 Å². The lowest BCUT2D eigenvalue weighted by molar-refractivity contribution is -0.122. The van der Waals surface area contributed by atoms with Crippen LogP contribution in [0.4, 0.5) is 5.69 Å². The van der Waals surface area contributed by atoms with Gasteiger partial charge < -0.3 is 5.01 Å². The molecule has 2 fully saturated rings. The van der Waals surface area contributed by atoms with Gasteiger partial charge in [-0.1, -0.05) is 6.07 Å². The first-order valence-corrected chi connectivity index (χ1v) is 11.1. The lowest BCUT2D eigenvalue weighted by Gasteiger charge is -2.32. The van der Waals surface area contributed by atoms with Crippen LogP contribution >= 0.6 is 12.2 Å². The van der Waals surface area contributed by atoms with Crippen molar-refractivity contribution in [2.24, 2.45) is 0 Å². The number of anilines is 1. The van der Waals surface area contributed by atoms with E-state index in [1.165, 1.54) is 24.2 Å². The summed E-state index contributed by atoms with van der Waals surface area (Å²) in [5.74, 6) is -0.861. The summed E-state index contributed by atoms with van der Waals surface area (Å²) in [6.07, 6.45) is 5.31. The van der Waals surface area contributed by atoms with Crippen LogP contribution in [0, 0.1) is 27.7 Å². The number of carbonyl (C=O) groups is 2. The van der Waals surface area contributed by atoms with Crippen molar-refractivity contribution in [3.63, 3.8) is 0 Å². The molecular formula is C24H28N4O2S. The molecular weight excluding hydrogens is 408 g/mol. The molecule has 31 heavy (non-hydrogen) atoms. The van der Waals surface area contributed by atoms with Gasteiger partial charge in [-0.2, -0.15) is 0 Å². The van der Waals surface area contributed by atoms with Crippen LogP contribution in [0.1, 0.15) is 47.3 Å². The van der Waals surface area contributed by atoms with Crippen LogP contribution in [-0.4, -0.2) is 34.7 Å². The van der Waals surface area contributed by atoms with Gasteiger partial charge in [-0.15, -0.1) is 0 Å². The second-order valence-electron chi connectivity index (χ2n) is 8.46.